The van der Waals surface area contributed by atoms with Gasteiger partial charge in [0.25, 0.3) is 0 Å². The monoisotopic (exact) mass is 250 g/mol. The van der Waals surface area contributed by atoms with Crippen molar-refractivity contribution in [3.05, 3.63) is 65.7 Å². The van der Waals surface area contributed by atoms with Crippen molar-refractivity contribution in [3.8, 4) is 17.6 Å². The van der Waals surface area contributed by atoms with Crippen LogP contribution in [0.2, 0.25) is 0 Å². The Morgan fingerprint density at radius 1 is 0.895 bits per heavy atom. The third-order valence-corrected chi connectivity index (χ3v) is 3.10. The van der Waals surface area contributed by atoms with E-state index in [2.05, 4.69) is 37.8 Å². The van der Waals surface area contributed by atoms with Crippen LogP contribution in [0.25, 0.3) is 0 Å². The molecule has 0 spiro atoms. The molecule has 0 N–H and O–H groups in total. The van der Waals surface area contributed by atoms with Crippen LogP contribution in [0.4, 0.5) is 0 Å². The van der Waals surface area contributed by atoms with E-state index in [1.165, 1.54) is 5.56 Å². The van der Waals surface area contributed by atoms with Crippen LogP contribution >= 0.6 is 0 Å². The van der Waals surface area contributed by atoms with Crippen molar-refractivity contribution in [2.45, 2.75) is 19.3 Å². The number of hydrogen-bond acceptors (Lipinski definition) is 1. The first-order valence-electron chi connectivity index (χ1n) is 6.34. The summed E-state index contributed by atoms with van der Waals surface area (Å²) in [7, 11) is 1.68. The molecule has 0 aromatic heterocycles. The summed E-state index contributed by atoms with van der Waals surface area (Å²) in [5, 5.41) is 0. The number of methoxy groups -OCH3 is 1. The van der Waals surface area contributed by atoms with E-state index in [9.17, 15) is 0 Å². The predicted molar refractivity (Wildman–Crippen MR) is 79.3 cm³/mol. The molecule has 0 amide bonds. The molecule has 0 fully saturated rings. The maximum absolute atomic E-state index is 5.18. The van der Waals surface area contributed by atoms with Crippen LogP contribution in [0.15, 0.2) is 54.6 Å². The van der Waals surface area contributed by atoms with E-state index in [0.717, 1.165) is 11.3 Å². The second kappa shape index (κ2) is 5.63. The predicted octanol–water partition coefficient (Wildman–Crippen LogP) is 4.02. The molecule has 2 rings (SSSR count). The Kier molecular flexibility index (Phi) is 3.92. The highest BCUT2D eigenvalue weighted by Crippen LogP contribution is 2.24. The van der Waals surface area contributed by atoms with Crippen LogP contribution in [0, 0.1) is 11.8 Å². The lowest BCUT2D eigenvalue weighted by atomic mass is 9.85. The Bertz CT molecular complexity index is 583. The van der Waals surface area contributed by atoms with E-state index in [0.29, 0.717) is 0 Å². The van der Waals surface area contributed by atoms with Crippen molar-refractivity contribution in [1.82, 2.24) is 0 Å². The summed E-state index contributed by atoms with van der Waals surface area (Å²) >= 11 is 0. The highest BCUT2D eigenvalue weighted by molar-refractivity contribution is 5.42. The average Bonchev–Trinajstić information content (AvgIpc) is 2.46. The first kappa shape index (κ1) is 13.2. The molecule has 0 saturated carbocycles. The molecule has 0 aliphatic heterocycles. The Hall–Kier alpha value is -2.20. The molecule has 2 aromatic carbocycles. The first-order valence-corrected chi connectivity index (χ1v) is 6.34. The summed E-state index contributed by atoms with van der Waals surface area (Å²) < 4.78 is 5.18. The third kappa shape index (κ3) is 3.39. The standard InChI is InChI=1S/C18H18O/c1-18(2,14-13-15-7-5-4-6-8-15)16-9-11-17(19-3)12-10-16/h4-12H,1-3H3. The molecule has 0 aliphatic carbocycles. The van der Waals surface area contributed by atoms with Gasteiger partial charge >= 0.3 is 0 Å². The topological polar surface area (TPSA) is 9.23 Å². The van der Waals surface area contributed by atoms with E-state index in [1.54, 1.807) is 7.11 Å². The van der Waals surface area contributed by atoms with Gasteiger partial charge in [0.1, 0.15) is 5.75 Å². The Morgan fingerprint density at radius 2 is 1.53 bits per heavy atom. The van der Waals surface area contributed by atoms with Gasteiger partial charge in [-0.2, -0.15) is 0 Å². The summed E-state index contributed by atoms with van der Waals surface area (Å²) in [5.74, 6) is 7.44. The molecule has 2 aromatic rings. The Labute approximate surface area is 115 Å². The smallest absolute Gasteiger partial charge is 0.118 e. The lowest BCUT2D eigenvalue weighted by Gasteiger charge is -2.18. The molecule has 0 saturated heterocycles. The largest absolute Gasteiger partial charge is 0.497 e. The van der Waals surface area contributed by atoms with Gasteiger partial charge in [-0.15, -0.1) is 0 Å². The van der Waals surface area contributed by atoms with Crippen molar-refractivity contribution in [1.29, 1.82) is 0 Å². The fraction of sp³-hybridized carbons (Fsp3) is 0.222. The molecule has 0 aliphatic rings. The number of hydrogen-bond donors (Lipinski definition) is 0. The zero-order valence-corrected chi connectivity index (χ0v) is 11.6. The van der Waals surface area contributed by atoms with Gasteiger partial charge in [-0.3, -0.25) is 0 Å². The lowest BCUT2D eigenvalue weighted by Crippen LogP contribution is -2.14. The minimum Gasteiger partial charge on any atom is -0.497 e. The molecular formula is C18H18O. The van der Waals surface area contributed by atoms with Crippen molar-refractivity contribution in [2.75, 3.05) is 7.11 Å². The zero-order chi connectivity index (χ0) is 13.7. The van der Waals surface area contributed by atoms with E-state index < -0.39 is 0 Å². The quantitative estimate of drug-likeness (QED) is 0.731. The number of benzene rings is 2. The Balaban J connectivity index is 2.24. The van der Waals surface area contributed by atoms with Crippen LogP contribution in [0.5, 0.6) is 5.75 Å². The molecule has 0 heterocycles. The highest BCUT2D eigenvalue weighted by Gasteiger charge is 2.17. The summed E-state index contributed by atoms with van der Waals surface area (Å²) in [5.41, 5.74) is 2.06. The fourth-order valence-corrected chi connectivity index (χ4v) is 1.83. The SMILES string of the molecule is COc1ccc(C(C)(C)C#Cc2ccccc2)cc1. The van der Waals surface area contributed by atoms with E-state index in [1.807, 2.05) is 42.5 Å². The minimum atomic E-state index is -0.178. The van der Waals surface area contributed by atoms with Gasteiger partial charge in [-0.25, -0.2) is 0 Å². The number of rotatable bonds is 2. The van der Waals surface area contributed by atoms with E-state index in [4.69, 9.17) is 4.74 Å². The molecule has 19 heavy (non-hydrogen) atoms. The molecule has 0 atom stereocenters. The van der Waals surface area contributed by atoms with Gasteiger partial charge in [0.15, 0.2) is 0 Å². The maximum atomic E-state index is 5.18. The van der Waals surface area contributed by atoms with Gasteiger partial charge in [0.2, 0.25) is 0 Å². The molecule has 96 valence electrons. The summed E-state index contributed by atoms with van der Waals surface area (Å²) in [6, 6.07) is 18.1. The van der Waals surface area contributed by atoms with Crippen molar-refractivity contribution < 1.29 is 4.74 Å². The van der Waals surface area contributed by atoms with Crippen LogP contribution in [-0.4, -0.2) is 7.11 Å². The molecule has 0 bridgehead atoms. The maximum Gasteiger partial charge on any atom is 0.118 e. The van der Waals surface area contributed by atoms with Gasteiger partial charge in [0, 0.05) is 5.56 Å². The van der Waals surface area contributed by atoms with Crippen molar-refractivity contribution in [2.24, 2.45) is 0 Å². The minimum absolute atomic E-state index is 0.178. The van der Waals surface area contributed by atoms with Gasteiger partial charge in [0.05, 0.1) is 12.5 Å². The zero-order valence-electron chi connectivity index (χ0n) is 11.6. The van der Waals surface area contributed by atoms with Crippen LogP contribution in [-0.2, 0) is 5.41 Å². The second-order valence-corrected chi connectivity index (χ2v) is 4.97. The second-order valence-electron chi connectivity index (χ2n) is 4.97. The fourth-order valence-electron chi connectivity index (χ4n) is 1.83. The molecule has 1 heteroatoms. The Morgan fingerprint density at radius 3 is 2.11 bits per heavy atom. The molecule has 1 nitrogen and oxygen atoms in total. The van der Waals surface area contributed by atoms with Crippen LogP contribution < -0.4 is 4.74 Å². The van der Waals surface area contributed by atoms with E-state index in [-0.39, 0.29) is 5.41 Å². The van der Waals surface area contributed by atoms with Gasteiger partial charge < -0.3 is 4.74 Å². The van der Waals surface area contributed by atoms with Gasteiger partial charge in [-0.05, 0) is 43.7 Å². The molecular weight excluding hydrogens is 232 g/mol. The van der Waals surface area contributed by atoms with Gasteiger partial charge in [-0.1, -0.05) is 42.2 Å². The first-order chi connectivity index (χ1) is 9.12. The number of ether oxygens (including phenoxy) is 1. The van der Waals surface area contributed by atoms with Crippen LogP contribution in [0.3, 0.4) is 0 Å². The third-order valence-electron chi connectivity index (χ3n) is 3.10. The van der Waals surface area contributed by atoms with Crippen molar-refractivity contribution >= 4 is 0 Å². The molecule has 0 unspecified atom stereocenters. The lowest BCUT2D eigenvalue weighted by molar-refractivity contribution is 0.414. The summed E-state index contributed by atoms with van der Waals surface area (Å²) in [4.78, 5) is 0. The summed E-state index contributed by atoms with van der Waals surface area (Å²) in [6.07, 6.45) is 0. The van der Waals surface area contributed by atoms with Crippen LogP contribution in [0.1, 0.15) is 25.0 Å². The molecule has 0 radical (unpaired) electrons. The van der Waals surface area contributed by atoms with Crippen molar-refractivity contribution in [3.63, 3.8) is 0 Å². The normalized spacial score (nSPS) is 10.5. The highest BCUT2D eigenvalue weighted by atomic mass is 16.5. The van der Waals surface area contributed by atoms with E-state index >= 15 is 0 Å². The summed E-state index contributed by atoms with van der Waals surface area (Å²) in [6.45, 7) is 4.26. The average molecular weight is 250 g/mol.